The summed E-state index contributed by atoms with van der Waals surface area (Å²) in [4.78, 5) is 11.0. The average Bonchev–Trinajstić information content (AvgIpc) is 2.22. The van der Waals surface area contributed by atoms with E-state index in [0.29, 0.717) is 18.2 Å². The number of hydrogen-bond donors (Lipinski definition) is 4. The fourth-order valence-electron chi connectivity index (χ4n) is 1.47. The van der Waals surface area contributed by atoms with E-state index < -0.39 is 11.9 Å². The summed E-state index contributed by atoms with van der Waals surface area (Å²) in [6.45, 7) is 4.23. The molecule has 0 spiro atoms. The van der Waals surface area contributed by atoms with E-state index in [1.54, 1.807) is 0 Å². The quantitative estimate of drug-likeness (QED) is 0.222. The molecule has 16 heavy (non-hydrogen) atoms. The van der Waals surface area contributed by atoms with Crippen molar-refractivity contribution in [1.29, 1.82) is 0 Å². The Bertz CT molecular complexity index is 241. The number of hydrazone groups is 1. The number of hydrogen-bond acceptors (Lipinski definition) is 4. The highest BCUT2D eigenvalue weighted by Gasteiger charge is 2.19. The molecular weight excluding hydrogens is 208 g/mol. The molecule has 0 saturated carbocycles. The normalized spacial score (nSPS) is 13.9. The van der Waals surface area contributed by atoms with Gasteiger partial charge in [-0.3, -0.25) is 4.79 Å². The Labute approximate surface area is 96.0 Å². The van der Waals surface area contributed by atoms with Crippen LogP contribution in [0.4, 0.5) is 0 Å². The van der Waals surface area contributed by atoms with Gasteiger partial charge in [-0.1, -0.05) is 26.7 Å². The highest BCUT2D eigenvalue weighted by Crippen LogP contribution is 2.16. The molecular formula is C10H22N4O2. The Hall–Kier alpha value is -1.30. The van der Waals surface area contributed by atoms with Crippen LogP contribution in [-0.4, -0.2) is 16.9 Å². The third-order valence-corrected chi connectivity index (χ3v) is 2.45. The number of hydrazine groups is 1. The van der Waals surface area contributed by atoms with Gasteiger partial charge in [0.25, 0.3) is 0 Å². The first-order chi connectivity index (χ1) is 7.51. The molecule has 0 aliphatic rings. The predicted molar refractivity (Wildman–Crippen MR) is 63.4 cm³/mol. The zero-order valence-electron chi connectivity index (χ0n) is 9.94. The van der Waals surface area contributed by atoms with Gasteiger partial charge in [-0.2, -0.15) is 5.10 Å². The van der Waals surface area contributed by atoms with E-state index in [2.05, 4.69) is 24.4 Å². The maximum atomic E-state index is 11.0. The maximum Gasteiger partial charge on any atom is 0.306 e. The minimum Gasteiger partial charge on any atom is -0.481 e. The van der Waals surface area contributed by atoms with Crippen LogP contribution in [0.25, 0.3) is 0 Å². The largest absolute Gasteiger partial charge is 0.481 e. The van der Waals surface area contributed by atoms with Gasteiger partial charge >= 0.3 is 5.97 Å². The van der Waals surface area contributed by atoms with Gasteiger partial charge in [0.2, 0.25) is 0 Å². The van der Waals surface area contributed by atoms with Gasteiger partial charge in [-0.05, 0) is 12.3 Å². The Balaban J connectivity index is 4.13. The molecule has 0 amide bonds. The molecule has 0 aromatic heterocycles. The summed E-state index contributed by atoms with van der Waals surface area (Å²) in [5.74, 6) is 9.81. The number of carboxylic acids is 1. The molecule has 0 unspecified atom stereocenters. The van der Waals surface area contributed by atoms with Crippen LogP contribution < -0.4 is 17.1 Å². The molecule has 0 radical (unpaired) electrons. The van der Waals surface area contributed by atoms with Crippen molar-refractivity contribution < 1.29 is 9.90 Å². The number of amidine groups is 1. The van der Waals surface area contributed by atoms with Crippen molar-refractivity contribution in [3.05, 3.63) is 0 Å². The van der Waals surface area contributed by atoms with Crippen molar-refractivity contribution in [3.8, 4) is 0 Å². The molecule has 0 aliphatic carbocycles. The molecule has 6 heteroatoms. The monoisotopic (exact) mass is 230 g/mol. The Morgan fingerprint density at radius 2 is 2.06 bits per heavy atom. The van der Waals surface area contributed by atoms with Crippen molar-refractivity contribution in [2.24, 2.45) is 28.6 Å². The van der Waals surface area contributed by atoms with Crippen LogP contribution in [0.1, 0.15) is 39.5 Å². The average molecular weight is 230 g/mol. The van der Waals surface area contributed by atoms with Crippen LogP contribution >= 0.6 is 0 Å². The molecule has 6 N–H and O–H groups in total. The van der Waals surface area contributed by atoms with E-state index in [0.717, 1.165) is 12.8 Å². The fourth-order valence-corrected chi connectivity index (χ4v) is 1.47. The summed E-state index contributed by atoms with van der Waals surface area (Å²) in [6.07, 6.45) is 2.78. The van der Waals surface area contributed by atoms with E-state index in [-0.39, 0.29) is 6.42 Å². The summed E-state index contributed by atoms with van der Waals surface area (Å²) < 4.78 is 0. The molecule has 0 rings (SSSR count). The van der Waals surface area contributed by atoms with Gasteiger partial charge in [-0.15, -0.1) is 0 Å². The number of carboxylic acid groups (broad SMARTS) is 1. The van der Waals surface area contributed by atoms with E-state index in [9.17, 15) is 4.79 Å². The maximum absolute atomic E-state index is 11.0. The Morgan fingerprint density at radius 3 is 2.44 bits per heavy atom. The van der Waals surface area contributed by atoms with Crippen molar-refractivity contribution in [1.82, 2.24) is 5.43 Å². The summed E-state index contributed by atoms with van der Waals surface area (Å²) in [7, 11) is 0. The molecule has 0 aromatic carbocycles. The summed E-state index contributed by atoms with van der Waals surface area (Å²) in [6, 6.07) is 0. The smallest absolute Gasteiger partial charge is 0.306 e. The third-order valence-electron chi connectivity index (χ3n) is 2.45. The molecule has 0 fully saturated rings. The molecule has 0 saturated heterocycles. The molecule has 0 bridgehead atoms. The number of rotatable bonds is 7. The van der Waals surface area contributed by atoms with Crippen molar-refractivity contribution >= 4 is 11.8 Å². The Morgan fingerprint density at radius 1 is 1.44 bits per heavy atom. The van der Waals surface area contributed by atoms with Crippen LogP contribution in [0.5, 0.6) is 0 Å². The Kier molecular flexibility index (Phi) is 7.28. The van der Waals surface area contributed by atoms with Crippen molar-refractivity contribution in [2.75, 3.05) is 0 Å². The van der Waals surface area contributed by atoms with E-state index >= 15 is 0 Å². The lowest BCUT2D eigenvalue weighted by Gasteiger charge is -2.13. The molecule has 0 aromatic rings. The van der Waals surface area contributed by atoms with Gasteiger partial charge in [0.1, 0.15) is 5.84 Å². The number of aliphatic carboxylic acids is 1. The first kappa shape index (κ1) is 14.7. The topological polar surface area (TPSA) is 114 Å². The van der Waals surface area contributed by atoms with Gasteiger partial charge in [-0.25, -0.2) is 5.84 Å². The summed E-state index contributed by atoms with van der Waals surface area (Å²) in [5.41, 5.74) is 2.30. The predicted octanol–water partition coefficient (Wildman–Crippen LogP) is 0.639. The first-order valence-electron chi connectivity index (χ1n) is 5.47. The zero-order valence-corrected chi connectivity index (χ0v) is 9.94. The van der Waals surface area contributed by atoms with Gasteiger partial charge in [0, 0.05) is 6.42 Å². The third kappa shape index (κ3) is 6.23. The van der Waals surface area contributed by atoms with E-state index in [4.69, 9.17) is 16.8 Å². The lowest BCUT2D eigenvalue weighted by molar-refractivity contribution is -0.141. The lowest BCUT2D eigenvalue weighted by Crippen LogP contribution is -2.34. The fraction of sp³-hybridized carbons (Fsp3) is 0.800. The van der Waals surface area contributed by atoms with Gasteiger partial charge in [0.05, 0.1) is 5.92 Å². The van der Waals surface area contributed by atoms with Crippen LogP contribution in [0.3, 0.4) is 0 Å². The second-order valence-corrected chi connectivity index (χ2v) is 4.28. The minimum atomic E-state index is -0.833. The SMILES string of the molecule is CC(C)CCC[C@@H](C/C(=N/N)NN)C(=O)O. The molecule has 0 aliphatic heterocycles. The molecule has 0 heterocycles. The second kappa shape index (κ2) is 7.92. The minimum absolute atomic E-state index is 0.250. The molecule has 6 nitrogen and oxygen atoms in total. The number of nitrogens with two attached hydrogens (primary N) is 2. The van der Waals surface area contributed by atoms with Gasteiger partial charge in [0.15, 0.2) is 0 Å². The first-order valence-corrected chi connectivity index (χ1v) is 5.47. The van der Waals surface area contributed by atoms with Crippen LogP contribution in [-0.2, 0) is 4.79 Å². The highest BCUT2D eigenvalue weighted by molar-refractivity contribution is 5.85. The summed E-state index contributed by atoms with van der Waals surface area (Å²) >= 11 is 0. The van der Waals surface area contributed by atoms with Crippen LogP contribution in [0.15, 0.2) is 5.10 Å². The molecule has 1 atom stereocenters. The highest BCUT2D eigenvalue weighted by atomic mass is 16.4. The zero-order chi connectivity index (χ0) is 12.6. The number of carbonyl (C=O) groups is 1. The lowest BCUT2D eigenvalue weighted by atomic mass is 9.95. The van der Waals surface area contributed by atoms with E-state index in [1.807, 2.05) is 0 Å². The number of nitrogens with one attached hydrogen (secondary N) is 1. The van der Waals surface area contributed by atoms with E-state index in [1.165, 1.54) is 0 Å². The van der Waals surface area contributed by atoms with Gasteiger partial charge < -0.3 is 16.4 Å². The number of nitrogens with zero attached hydrogens (tertiary/aromatic N) is 1. The summed E-state index contributed by atoms with van der Waals surface area (Å²) in [5, 5.41) is 12.4. The van der Waals surface area contributed by atoms with Crippen LogP contribution in [0, 0.1) is 11.8 Å². The van der Waals surface area contributed by atoms with Crippen molar-refractivity contribution in [2.45, 2.75) is 39.5 Å². The molecule has 94 valence electrons. The second-order valence-electron chi connectivity index (χ2n) is 4.28. The van der Waals surface area contributed by atoms with Crippen molar-refractivity contribution in [3.63, 3.8) is 0 Å². The standard InChI is InChI=1S/C10H22N4O2/c1-7(2)4-3-5-8(10(15)16)6-9(13-11)14-12/h7-8H,3-6,11-12H2,1-2H3,(H,13,14)(H,15,16)/t8-/m0/s1. The van der Waals surface area contributed by atoms with Crippen LogP contribution in [0.2, 0.25) is 0 Å².